The second kappa shape index (κ2) is 8.99. The molecule has 188 valence electrons. The van der Waals surface area contributed by atoms with Gasteiger partial charge < -0.3 is 9.80 Å². The number of amides is 2. The quantitative estimate of drug-likeness (QED) is 0.269. The van der Waals surface area contributed by atoms with Crippen LogP contribution in [0.5, 0.6) is 0 Å². The van der Waals surface area contributed by atoms with Gasteiger partial charge in [-0.25, -0.2) is 5.43 Å². The molecule has 0 saturated heterocycles. The van der Waals surface area contributed by atoms with Crippen LogP contribution in [0.4, 0.5) is 11.4 Å². The van der Waals surface area contributed by atoms with Gasteiger partial charge in [-0.15, -0.1) is 0 Å². The molecule has 4 aromatic carbocycles. The fourth-order valence-electron chi connectivity index (χ4n) is 5.65. The summed E-state index contributed by atoms with van der Waals surface area (Å²) in [6.45, 7) is 4.81. The molecule has 6 rings (SSSR count). The summed E-state index contributed by atoms with van der Waals surface area (Å²) in [5.74, 6) is -0.288. The Bertz CT molecular complexity index is 1640. The van der Waals surface area contributed by atoms with E-state index in [4.69, 9.17) is 0 Å². The number of nitrogens with zero attached hydrogens (tertiary/aromatic N) is 3. The highest BCUT2D eigenvalue weighted by Gasteiger charge is 2.37. The van der Waals surface area contributed by atoms with Gasteiger partial charge in [0, 0.05) is 46.6 Å². The predicted molar refractivity (Wildman–Crippen MR) is 153 cm³/mol. The molecule has 1 N–H and O–H groups in total. The number of hydrogen-bond acceptors (Lipinski definition) is 4. The molecule has 0 saturated carbocycles. The number of benzene rings is 4. The molecular weight excluding hydrogens is 472 g/mol. The molecular formula is C32H28N4O2. The van der Waals surface area contributed by atoms with Crippen LogP contribution in [-0.4, -0.2) is 25.1 Å². The maximum Gasteiger partial charge on any atom is 0.271 e. The zero-order valence-corrected chi connectivity index (χ0v) is 21.6. The van der Waals surface area contributed by atoms with Crippen LogP contribution >= 0.6 is 0 Å². The van der Waals surface area contributed by atoms with Gasteiger partial charge in [0.05, 0.1) is 12.2 Å². The first-order valence-corrected chi connectivity index (χ1v) is 12.7. The summed E-state index contributed by atoms with van der Waals surface area (Å²) in [5, 5.41) is 6.22. The van der Waals surface area contributed by atoms with Crippen molar-refractivity contribution in [1.29, 1.82) is 0 Å². The maximum atomic E-state index is 13.1. The Morgan fingerprint density at radius 3 is 2.39 bits per heavy atom. The zero-order chi connectivity index (χ0) is 26.4. The molecule has 2 heterocycles. The number of nitrogens with one attached hydrogen (secondary N) is 1. The first-order valence-electron chi connectivity index (χ1n) is 12.7. The lowest BCUT2D eigenvalue weighted by Crippen LogP contribution is -2.26. The van der Waals surface area contributed by atoms with Crippen LogP contribution in [0.25, 0.3) is 10.8 Å². The van der Waals surface area contributed by atoms with Gasteiger partial charge in [-0.3, -0.25) is 9.59 Å². The summed E-state index contributed by atoms with van der Waals surface area (Å²) >= 11 is 0. The summed E-state index contributed by atoms with van der Waals surface area (Å²) in [7, 11) is 2.04. The van der Waals surface area contributed by atoms with E-state index < -0.39 is 0 Å². The van der Waals surface area contributed by atoms with Crippen LogP contribution < -0.4 is 15.2 Å². The monoisotopic (exact) mass is 500 g/mol. The molecule has 0 atom stereocenters. The lowest BCUT2D eigenvalue weighted by atomic mass is 9.84. The Kier molecular flexibility index (Phi) is 5.60. The normalized spacial score (nSPS) is 16.6. The SMILES string of the molecule is CN1/C(=C\C=N\NC(=O)c2ccc(CN3C(=O)c4cccc5cccc3c45)cc2)C(C)(C)c2ccccc21. The number of hydrazone groups is 1. The Balaban J connectivity index is 1.12. The number of allylic oxidation sites excluding steroid dienone is 2. The number of likely N-dealkylation sites (N-methyl/N-ethyl adjacent to an activating group) is 1. The number of fused-ring (bicyclic) bond motifs is 1. The van der Waals surface area contributed by atoms with Crippen molar-refractivity contribution in [3.05, 3.63) is 119 Å². The predicted octanol–water partition coefficient (Wildman–Crippen LogP) is 6.03. The van der Waals surface area contributed by atoms with Crippen molar-refractivity contribution in [2.75, 3.05) is 16.8 Å². The third kappa shape index (κ3) is 3.77. The fraction of sp³-hybridized carbons (Fsp3) is 0.156. The van der Waals surface area contributed by atoms with Crippen molar-refractivity contribution >= 4 is 40.2 Å². The first-order chi connectivity index (χ1) is 18.4. The maximum absolute atomic E-state index is 13.1. The van der Waals surface area contributed by atoms with E-state index >= 15 is 0 Å². The van der Waals surface area contributed by atoms with Gasteiger partial charge in [0.1, 0.15) is 0 Å². The summed E-state index contributed by atoms with van der Waals surface area (Å²) in [4.78, 5) is 29.7. The van der Waals surface area contributed by atoms with Crippen LogP contribution in [0.2, 0.25) is 0 Å². The lowest BCUT2D eigenvalue weighted by Gasteiger charge is -2.23. The molecule has 0 radical (unpaired) electrons. The van der Waals surface area contributed by atoms with E-state index in [0.29, 0.717) is 12.1 Å². The van der Waals surface area contributed by atoms with E-state index in [1.807, 2.05) is 67.7 Å². The van der Waals surface area contributed by atoms with Gasteiger partial charge in [-0.2, -0.15) is 5.10 Å². The summed E-state index contributed by atoms with van der Waals surface area (Å²) < 4.78 is 0. The minimum absolute atomic E-state index is 0.00116. The number of anilines is 2. The Hall–Kier alpha value is -4.71. The van der Waals surface area contributed by atoms with E-state index in [0.717, 1.165) is 33.3 Å². The van der Waals surface area contributed by atoms with Crippen LogP contribution in [-0.2, 0) is 12.0 Å². The minimum atomic E-state index is -0.289. The van der Waals surface area contributed by atoms with Crippen molar-refractivity contribution in [1.82, 2.24) is 5.43 Å². The number of carbonyl (C=O) groups is 2. The Morgan fingerprint density at radius 2 is 1.63 bits per heavy atom. The molecule has 0 aromatic heterocycles. The molecule has 6 nitrogen and oxygen atoms in total. The molecule has 0 bridgehead atoms. The molecule has 2 amide bonds. The highest BCUT2D eigenvalue weighted by atomic mass is 16.2. The largest absolute Gasteiger partial charge is 0.347 e. The second-order valence-corrected chi connectivity index (χ2v) is 10.2. The highest BCUT2D eigenvalue weighted by molar-refractivity contribution is 6.24. The van der Waals surface area contributed by atoms with Crippen LogP contribution in [0, 0.1) is 0 Å². The smallest absolute Gasteiger partial charge is 0.271 e. The lowest BCUT2D eigenvalue weighted by molar-refractivity contribution is 0.0953. The zero-order valence-electron chi connectivity index (χ0n) is 21.6. The van der Waals surface area contributed by atoms with Crippen molar-refractivity contribution in [2.45, 2.75) is 25.8 Å². The summed E-state index contributed by atoms with van der Waals surface area (Å²) in [6, 6.07) is 27.4. The van der Waals surface area contributed by atoms with Crippen molar-refractivity contribution in [3.63, 3.8) is 0 Å². The minimum Gasteiger partial charge on any atom is -0.347 e. The Morgan fingerprint density at radius 1 is 0.921 bits per heavy atom. The van der Waals surface area contributed by atoms with E-state index in [-0.39, 0.29) is 17.2 Å². The molecule has 4 aromatic rings. The van der Waals surface area contributed by atoms with E-state index in [1.54, 1.807) is 23.2 Å². The van der Waals surface area contributed by atoms with Gasteiger partial charge in [-0.05, 0) is 52.9 Å². The van der Waals surface area contributed by atoms with Crippen molar-refractivity contribution < 1.29 is 9.59 Å². The van der Waals surface area contributed by atoms with E-state index in [1.165, 1.54) is 11.3 Å². The van der Waals surface area contributed by atoms with Crippen molar-refractivity contribution in [3.8, 4) is 0 Å². The van der Waals surface area contributed by atoms with Crippen LogP contribution in [0.15, 0.2) is 102 Å². The summed E-state index contributed by atoms with van der Waals surface area (Å²) in [5.41, 5.74) is 9.12. The first kappa shape index (κ1) is 23.7. The van der Waals surface area contributed by atoms with Crippen LogP contribution in [0.3, 0.4) is 0 Å². The van der Waals surface area contributed by atoms with Gasteiger partial charge in [0.2, 0.25) is 0 Å². The second-order valence-electron chi connectivity index (χ2n) is 10.2. The third-order valence-electron chi connectivity index (χ3n) is 7.62. The topological polar surface area (TPSA) is 65.0 Å². The average molecular weight is 501 g/mol. The fourth-order valence-corrected chi connectivity index (χ4v) is 5.65. The average Bonchev–Trinajstić information content (AvgIpc) is 3.31. The molecule has 6 heteroatoms. The highest BCUT2D eigenvalue weighted by Crippen LogP contribution is 2.46. The molecule has 2 aliphatic heterocycles. The molecule has 0 spiro atoms. The van der Waals surface area contributed by atoms with Gasteiger partial charge >= 0.3 is 0 Å². The molecule has 38 heavy (non-hydrogen) atoms. The Labute approximate surface area is 221 Å². The number of rotatable bonds is 5. The molecule has 0 fully saturated rings. The van der Waals surface area contributed by atoms with Crippen LogP contribution in [0.1, 0.15) is 45.7 Å². The standard InChI is InChI=1S/C32H28N4O2/c1-32(2)25-11-4-5-12-26(25)35(3)28(32)18-19-33-34-30(37)23-16-14-21(15-17-23)20-36-27-13-7-9-22-8-6-10-24(29(22)27)31(36)38/h4-19H,20H2,1-3H3,(H,34,37)/b28-18-,33-19+. The van der Waals surface area contributed by atoms with Gasteiger partial charge in [-0.1, -0.05) is 68.4 Å². The van der Waals surface area contributed by atoms with E-state index in [2.05, 4.69) is 47.5 Å². The van der Waals surface area contributed by atoms with Gasteiger partial charge in [0.25, 0.3) is 11.8 Å². The van der Waals surface area contributed by atoms with Crippen molar-refractivity contribution in [2.24, 2.45) is 5.10 Å². The number of para-hydroxylation sites is 1. The summed E-state index contributed by atoms with van der Waals surface area (Å²) in [6.07, 6.45) is 3.57. The number of carbonyl (C=O) groups excluding carboxylic acids is 2. The van der Waals surface area contributed by atoms with E-state index in [9.17, 15) is 9.59 Å². The molecule has 2 aliphatic rings. The third-order valence-corrected chi connectivity index (χ3v) is 7.62. The molecule has 0 unspecified atom stereocenters. The number of hydrogen-bond donors (Lipinski definition) is 1. The molecule has 0 aliphatic carbocycles. The van der Waals surface area contributed by atoms with Gasteiger partial charge in [0.15, 0.2) is 0 Å².